The highest BCUT2D eigenvalue weighted by Crippen LogP contribution is 2.39. The lowest BCUT2D eigenvalue weighted by Crippen LogP contribution is -2.53. The van der Waals surface area contributed by atoms with Crippen LogP contribution in [0, 0.1) is 12.8 Å². The number of aromatic nitrogens is 3. The number of ether oxygens (including phenoxy) is 1. The predicted molar refractivity (Wildman–Crippen MR) is 116 cm³/mol. The van der Waals surface area contributed by atoms with Crippen LogP contribution < -0.4 is 4.74 Å². The lowest BCUT2D eigenvalue weighted by atomic mass is 9.82. The van der Waals surface area contributed by atoms with Gasteiger partial charge >= 0.3 is 0 Å². The largest absolute Gasteiger partial charge is 0.486 e. The summed E-state index contributed by atoms with van der Waals surface area (Å²) in [5, 5.41) is 8.38. The minimum atomic E-state index is -0.499. The lowest BCUT2D eigenvalue weighted by molar-refractivity contribution is -0.139. The van der Waals surface area contributed by atoms with Crippen molar-refractivity contribution in [3.63, 3.8) is 0 Å². The molecule has 0 unspecified atom stereocenters. The number of para-hydroxylation sites is 1. The van der Waals surface area contributed by atoms with Gasteiger partial charge < -0.3 is 9.64 Å². The molecule has 3 heterocycles. The monoisotopic (exact) mass is 418 g/mol. The number of amides is 1. The van der Waals surface area contributed by atoms with Gasteiger partial charge in [0.2, 0.25) is 5.91 Å². The van der Waals surface area contributed by atoms with Crippen molar-refractivity contribution in [2.24, 2.45) is 5.92 Å². The van der Waals surface area contributed by atoms with E-state index in [0.717, 1.165) is 16.6 Å². The first-order chi connectivity index (χ1) is 14.9. The summed E-state index contributed by atoms with van der Waals surface area (Å²) in [6, 6.07) is 13.5. The fourth-order valence-corrected chi connectivity index (χ4v) is 4.72. The molecule has 0 saturated carbocycles. The summed E-state index contributed by atoms with van der Waals surface area (Å²) in [6.07, 6.45) is 1.71. The second-order valence-corrected chi connectivity index (χ2v) is 8.87. The molecule has 2 aliphatic rings. The van der Waals surface area contributed by atoms with Gasteiger partial charge in [-0.1, -0.05) is 35.9 Å². The maximum Gasteiger partial charge on any atom is 0.227 e. The van der Waals surface area contributed by atoms with E-state index in [1.54, 1.807) is 4.68 Å². The van der Waals surface area contributed by atoms with Crippen molar-refractivity contribution in [1.82, 2.24) is 19.9 Å². The van der Waals surface area contributed by atoms with Crippen molar-refractivity contribution in [3.05, 3.63) is 53.6 Å². The molecule has 3 aromatic rings. The fraction of sp³-hybridized carbons (Fsp3) is 0.417. The standard InChI is InChI=1S/C24H26N4O3/c1-16-7-8-22-18(13-16)21(29)14-24(31-22)9-11-27(12-10-24)23(30)17(2)15-28-20-6-4-3-5-19(20)25-26-28/h3-8,13,17H,9-12,14-15H2,1-2H3/t17-/m0/s1. The van der Waals surface area contributed by atoms with Crippen LogP contribution in [0.2, 0.25) is 0 Å². The number of Topliss-reactive ketones (excluding diaryl/α,β-unsaturated/α-hetero) is 1. The minimum Gasteiger partial charge on any atom is -0.486 e. The maximum atomic E-state index is 13.1. The van der Waals surface area contributed by atoms with Gasteiger partial charge in [-0.3, -0.25) is 9.59 Å². The van der Waals surface area contributed by atoms with Crippen molar-refractivity contribution in [2.75, 3.05) is 13.1 Å². The number of nitrogens with zero attached hydrogens (tertiary/aromatic N) is 4. The number of likely N-dealkylation sites (tertiary alicyclic amines) is 1. The summed E-state index contributed by atoms with van der Waals surface area (Å²) in [6.45, 7) is 5.59. The number of carbonyl (C=O) groups excluding carboxylic acids is 2. The van der Waals surface area contributed by atoms with E-state index in [0.29, 0.717) is 50.2 Å². The molecule has 0 radical (unpaired) electrons. The molecular weight excluding hydrogens is 392 g/mol. The van der Waals surface area contributed by atoms with Crippen LogP contribution in [0.4, 0.5) is 0 Å². The summed E-state index contributed by atoms with van der Waals surface area (Å²) >= 11 is 0. The van der Waals surface area contributed by atoms with Crippen molar-refractivity contribution in [3.8, 4) is 5.75 Å². The lowest BCUT2D eigenvalue weighted by Gasteiger charge is -2.44. The van der Waals surface area contributed by atoms with Gasteiger partial charge in [0.15, 0.2) is 5.78 Å². The molecule has 31 heavy (non-hydrogen) atoms. The number of fused-ring (bicyclic) bond motifs is 2. The third-order valence-electron chi connectivity index (χ3n) is 6.52. The molecule has 1 aromatic heterocycles. The van der Waals surface area contributed by atoms with Gasteiger partial charge in [0.05, 0.1) is 30.0 Å². The predicted octanol–water partition coefficient (Wildman–Crippen LogP) is 3.40. The molecule has 2 aliphatic heterocycles. The molecule has 5 rings (SSSR count). The fourth-order valence-electron chi connectivity index (χ4n) is 4.72. The quantitative estimate of drug-likeness (QED) is 0.652. The Morgan fingerprint density at radius 2 is 1.97 bits per heavy atom. The molecule has 1 fully saturated rings. The number of rotatable bonds is 3. The van der Waals surface area contributed by atoms with E-state index in [-0.39, 0.29) is 17.6 Å². The van der Waals surface area contributed by atoms with Crippen LogP contribution >= 0.6 is 0 Å². The van der Waals surface area contributed by atoms with E-state index >= 15 is 0 Å². The molecular formula is C24H26N4O3. The first-order valence-electron chi connectivity index (χ1n) is 10.8. The van der Waals surface area contributed by atoms with E-state index in [4.69, 9.17) is 4.74 Å². The Hall–Kier alpha value is -3.22. The molecule has 2 aromatic carbocycles. The zero-order chi connectivity index (χ0) is 21.6. The third kappa shape index (κ3) is 3.58. The van der Waals surface area contributed by atoms with E-state index in [9.17, 15) is 9.59 Å². The number of aryl methyl sites for hydroxylation is 1. The van der Waals surface area contributed by atoms with Crippen LogP contribution in [0.1, 0.15) is 42.1 Å². The first-order valence-corrected chi connectivity index (χ1v) is 10.8. The molecule has 1 spiro atoms. The Morgan fingerprint density at radius 1 is 1.19 bits per heavy atom. The van der Waals surface area contributed by atoms with Gasteiger partial charge in [0.1, 0.15) is 16.9 Å². The Bertz CT molecular complexity index is 1160. The second kappa shape index (κ2) is 7.48. The SMILES string of the molecule is Cc1ccc2c(c1)C(=O)CC1(CCN(C(=O)[C@@H](C)Cn3nnc4ccccc43)CC1)O2. The summed E-state index contributed by atoms with van der Waals surface area (Å²) in [5.74, 6) is 0.702. The van der Waals surface area contributed by atoms with Gasteiger partial charge in [-0.15, -0.1) is 5.10 Å². The smallest absolute Gasteiger partial charge is 0.227 e. The molecule has 7 heteroatoms. The molecule has 1 amide bonds. The van der Waals surface area contributed by atoms with E-state index in [2.05, 4.69) is 10.3 Å². The Labute approximate surface area is 181 Å². The number of ketones is 1. The van der Waals surface area contributed by atoms with Crippen molar-refractivity contribution < 1.29 is 14.3 Å². The maximum absolute atomic E-state index is 13.1. The average molecular weight is 418 g/mol. The highest BCUT2D eigenvalue weighted by molar-refractivity contribution is 6.00. The van der Waals surface area contributed by atoms with Crippen molar-refractivity contribution in [2.45, 2.75) is 45.3 Å². The number of hydrogen-bond acceptors (Lipinski definition) is 5. The van der Waals surface area contributed by atoms with E-state index in [1.807, 2.05) is 61.2 Å². The average Bonchev–Trinajstić information content (AvgIpc) is 3.17. The molecule has 1 atom stereocenters. The Kier molecular flexibility index (Phi) is 4.76. The van der Waals surface area contributed by atoms with Gasteiger partial charge in [0, 0.05) is 25.9 Å². The van der Waals surface area contributed by atoms with Gasteiger partial charge in [-0.25, -0.2) is 4.68 Å². The van der Waals surface area contributed by atoms with Crippen LogP contribution in [-0.4, -0.2) is 50.3 Å². The number of benzene rings is 2. The number of carbonyl (C=O) groups is 2. The van der Waals surface area contributed by atoms with Crippen molar-refractivity contribution >= 4 is 22.7 Å². The third-order valence-corrected chi connectivity index (χ3v) is 6.52. The molecule has 0 N–H and O–H groups in total. The van der Waals surface area contributed by atoms with Crippen LogP contribution in [0.25, 0.3) is 11.0 Å². The van der Waals surface area contributed by atoms with Crippen LogP contribution in [0.5, 0.6) is 5.75 Å². The van der Waals surface area contributed by atoms with Gasteiger partial charge in [-0.05, 0) is 31.2 Å². The first kappa shape index (κ1) is 19.7. The zero-order valence-electron chi connectivity index (χ0n) is 17.9. The summed E-state index contributed by atoms with van der Waals surface area (Å²) in [5.41, 5.74) is 3.00. The molecule has 0 bridgehead atoms. The minimum absolute atomic E-state index is 0.104. The summed E-state index contributed by atoms with van der Waals surface area (Å²) in [4.78, 5) is 27.7. The van der Waals surface area contributed by atoms with Crippen molar-refractivity contribution in [1.29, 1.82) is 0 Å². The molecule has 1 saturated heterocycles. The van der Waals surface area contributed by atoms with Crippen LogP contribution in [0.15, 0.2) is 42.5 Å². The van der Waals surface area contributed by atoms with Gasteiger partial charge in [-0.2, -0.15) is 0 Å². The molecule has 160 valence electrons. The highest BCUT2D eigenvalue weighted by Gasteiger charge is 2.44. The van der Waals surface area contributed by atoms with E-state index in [1.165, 1.54) is 0 Å². The van der Waals surface area contributed by atoms with Crippen LogP contribution in [-0.2, 0) is 11.3 Å². The Morgan fingerprint density at radius 3 is 2.77 bits per heavy atom. The summed E-state index contributed by atoms with van der Waals surface area (Å²) in [7, 11) is 0. The number of piperidine rings is 1. The normalized spacial score (nSPS) is 18.6. The molecule has 0 aliphatic carbocycles. The summed E-state index contributed by atoms with van der Waals surface area (Å²) < 4.78 is 8.12. The molecule has 7 nitrogen and oxygen atoms in total. The van der Waals surface area contributed by atoms with Gasteiger partial charge in [0.25, 0.3) is 0 Å². The number of hydrogen-bond donors (Lipinski definition) is 0. The topological polar surface area (TPSA) is 77.3 Å². The highest BCUT2D eigenvalue weighted by atomic mass is 16.5. The zero-order valence-corrected chi connectivity index (χ0v) is 17.9. The second-order valence-electron chi connectivity index (χ2n) is 8.87. The van der Waals surface area contributed by atoms with Crippen LogP contribution in [0.3, 0.4) is 0 Å². The van der Waals surface area contributed by atoms with E-state index < -0.39 is 5.60 Å². The Balaban J connectivity index is 1.24.